The summed E-state index contributed by atoms with van der Waals surface area (Å²) in [6.45, 7) is 2.78. The van der Waals surface area contributed by atoms with Crippen molar-refractivity contribution in [1.29, 1.82) is 0 Å². The molecule has 0 aliphatic rings. The number of aryl methyl sites for hydroxylation is 1. The van der Waals surface area contributed by atoms with Crippen LogP contribution in [0.3, 0.4) is 0 Å². The van der Waals surface area contributed by atoms with Gasteiger partial charge in [-0.3, -0.25) is 0 Å². The van der Waals surface area contributed by atoms with E-state index in [1.807, 2.05) is 6.92 Å². The first kappa shape index (κ1) is 11.0. The number of hydrogen-bond acceptors (Lipinski definition) is 1. The van der Waals surface area contributed by atoms with E-state index in [2.05, 4.69) is 0 Å². The molecular formula is C10H12F3N. The van der Waals surface area contributed by atoms with Crippen LogP contribution in [0.4, 0.5) is 13.2 Å². The fourth-order valence-electron chi connectivity index (χ4n) is 1.06. The number of nitrogens with two attached hydrogens (primary N) is 1. The molecule has 0 radical (unpaired) electrons. The van der Waals surface area contributed by atoms with Crippen molar-refractivity contribution in [2.24, 2.45) is 5.73 Å². The van der Waals surface area contributed by atoms with E-state index in [0.29, 0.717) is 0 Å². The molecule has 1 aromatic rings. The van der Waals surface area contributed by atoms with Crippen molar-refractivity contribution >= 4 is 0 Å². The van der Waals surface area contributed by atoms with Crippen LogP contribution in [0.1, 0.15) is 18.1 Å². The molecule has 0 fully saturated rings. The zero-order valence-electron chi connectivity index (χ0n) is 8.02. The molecule has 0 unspecified atom stereocenters. The quantitative estimate of drug-likeness (QED) is 0.746. The van der Waals surface area contributed by atoms with E-state index in [4.69, 9.17) is 5.73 Å². The van der Waals surface area contributed by atoms with Gasteiger partial charge < -0.3 is 5.73 Å². The van der Waals surface area contributed by atoms with Gasteiger partial charge in [0.05, 0.1) is 0 Å². The Hall–Kier alpha value is -1.03. The third-order valence-electron chi connectivity index (χ3n) is 2.24. The monoisotopic (exact) mass is 203 g/mol. The summed E-state index contributed by atoms with van der Waals surface area (Å²) < 4.78 is 37.5. The standard InChI is InChI=1S/C10H12F3N/c1-7-3-5-8(6-4-7)9(2,14)10(11,12)13/h3-6H,14H2,1-2H3/t9-/m1/s1. The van der Waals surface area contributed by atoms with Crippen LogP contribution < -0.4 is 5.73 Å². The third kappa shape index (κ3) is 1.90. The minimum atomic E-state index is -4.43. The summed E-state index contributed by atoms with van der Waals surface area (Å²) in [6, 6.07) is 6.05. The molecule has 2 N–H and O–H groups in total. The molecule has 1 aromatic carbocycles. The Morgan fingerprint density at radius 1 is 1.07 bits per heavy atom. The second kappa shape index (κ2) is 3.28. The molecule has 4 heteroatoms. The molecular weight excluding hydrogens is 191 g/mol. The summed E-state index contributed by atoms with van der Waals surface area (Å²) in [6.07, 6.45) is -4.43. The fourth-order valence-corrected chi connectivity index (χ4v) is 1.06. The zero-order chi connectivity index (χ0) is 11.0. The van der Waals surface area contributed by atoms with Crippen LogP contribution in [0.15, 0.2) is 24.3 Å². The summed E-state index contributed by atoms with van der Waals surface area (Å²) in [7, 11) is 0. The molecule has 1 atom stereocenters. The molecule has 1 nitrogen and oxygen atoms in total. The van der Waals surface area contributed by atoms with Gasteiger partial charge in [-0.05, 0) is 19.4 Å². The lowest BCUT2D eigenvalue weighted by molar-refractivity contribution is -0.184. The van der Waals surface area contributed by atoms with Crippen LogP contribution in [-0.4, -0.2) is 6.18 Å². The molecule has 0 bridgehead atoms. The summed E-state index contributed by atoms with van der Waals surface area (Å²) in [5.41, 5.74) is 3.95. The van der Waals surface area contributed by atoms with E-state index in [-0.39, 0.29) is 5.56 Å². The second-order valence-corrected chi connectivity index (χ2v) is 3.57. The van der Waals surface area contributed by atoms with Gasteiger partial charge >= 0.3 is 6.18 Å². The van der Waals surface area contributed by atoms with Crippen molar-refractivity contribution in [1.82, 2.24) is 0 Å². The Bertz CT molecular complexity index is 311. The molecule has 1 rings (SSSR count). The van der Waals surface area contributed by atoms with Crippen LogP contribution in [-0.2, 0) is 5.54 Å². The van der Waals surface area contributed by atoms with Crippen LogP contribution in [0.5, 0.6) is 0 Å². The Morgan fingerprint density at radius 3 is 1.86 bits per heavy atom. The normalized spacial score (nSPS) is 16.4. The van der Waals surface area contributed by atoms with Crippen LogP contribution in [0.2, 0.25) is 0 Å². The first-order valence-corrected chi connectivity index (χ1v) is 4.18. The van der Waals surface area contributed by atoms with Gasteiger partial charge in [-0.1, -0.05) is 29.8 Å². The second-order valence-electron chi connectivity index (χ2n) is 3.57. The minimum Gasteiger partial charge on any atom is -0.314 e. The van der Waals surface area contributed by atoms with Crippen molar-refractivity contribution in [3.63, 3.8) is 0 Å². The third-order valence-corrected chi connectivity index (χ3v) is 2.24. The largest absolute Gasteiger partial charge is 0.410 e. The Balaban J connectivity index is 3.10. The number of hydrogen-bond donors (Lipinski definition) is 1. The molecule has 0 saturated carbocycles. The number of halogens is 3. The van der Waals surface area contributed by atoms with E-state index in [1.54, 1.807) is 12.1 Å². The van der Waals surface area contributed by atoms with E-state index >= 15 is 0 Å². The highest BCUT2D eigenvalue weighted by molar-refractivity contribution is 5.28. The van der Waals surface area contributed by atoms with E-state index < -0.39 is 11.7 Å². The van der Waals surface area contributed by atoms with Gasteiger partial charge in [0.1, 0.15) is 5.54 Å². The number of alkyl halides is 3. The average Bonchev–Trinajstić information content (AvgIpc) is 2.03. The molecule has 0 amide bonds. The maximum atomic E-state index is 12.5. The topological polar surface area (TPSA) is 26.0 Å². The highest BCUT2D eigenvalue weighted by atomic mass is 19.4. The lowest BCUT2D eigenvalue weighted by Gasteiger charge is -2.28. The molecule has 0 aliphatic carbocycles. The van der Waals surface area contributed by atoms with Gasteiger partial charge in [0.2, 0.25) is 0 Å². The van der Waals surface area contributed by atoms with Gasteiger partial charge in [0.25, 0.3) is 0 Å². The Morgan fingerprint density at radius 2 is 1.50 bits per heavy atom. The van der Waals surface area contributed by atoms with Crippen LogP contribution in [0, 0.1) is 6.92 Å². The Kier molecular flexibility index (Phi) is 2.58. The summed E-state index contributed by atoms with van der Waals surface area (Å²) in [4.78, 5) is 0. The Labute approximate surface area is 80.7 Å². The van der Waals surface area contributed by atoms with Crippen molar-refractivity contribution in [2.45, 2.75) is 25.6 Å². The molecule has 0 aliphatic heterocycles. The van der Waals surface area contributed by atoms with E-state index in [0.717, 1.165) is 12.5 Å². The first-order valence-electron chi connectivity index (χ1n) is 4.18. The fraction of sp³-hybridized carbons (Fsp3) is 0.400. The maximum absolute atomic E-state index is 12.5. The summed E-state index contributed by atoms with van der Waals surface area (Å²) in [5, 5.41) is 0. The first-order chi connectivity index (χ1) is 6.25. The lowest BCUT2D eigenvalue weighted by atomic mass is 9.92. The van der Waals surface area contributed by atoms with Gasteiger partial charge in [-0.15, -0.1) is 0 Å². The summed E-state index contributed by atoms with van der Waals surface area (Å²) in [5.74, 6) is 0. The lowest BCUT2D eigenvalue weighted by Crippen LogP contribution is -2.47. The van der Waals surface area contributed by atoms with Crippen molar-refractivity contribution in [2.75, 3.05) is 0 Å². The van der Waals surface area contributed by atoms with Crippen molar-refractivity contribution in [3.05, 3.63) is 35.4 Å². The summed E-state index contributed by atoms with van der Waals surface area (Å²) >= 11 is 0. The smallest absolute Gasteiger partial charge is 0.314 e. The van der Waals surface area contributed by atoms with E-state index in [9.17, 15) is 13.2 Å². The van der Waals surface area contributed by atoms with E-state index in [1.165, 1.54) is 12.1 Å². The highest BCUT2D eigenvalue weighted by Crippen LogP contribution is 2.36. The van der Waals surface area contributed by atoms with Gasteiger partial charge in [0.15, 0.2) is 0 Å². The molecule has 78 valence electrons. The predicted molar refractivity (Wildman–Crippen MR) is 48.8 cm³/mol. The van der Waals surface area contributed by atoms with Gasteiger partial charge in [0, 0.05) is 0 Å². The number of benzene rings is 1. The molecule has 0 spiro atoms. The molecule has 0 aromatic heterocycles. The minimum absolute atomic E-state index is 0.0793. The average molecular weight is 203 g/mol. The molecule has 14 heavy (non-hydrogen) atoms. The predicted octanol–water partition coefficient (Wildman–Crippen LogP) is 2.73. The van der Waals surface area contributed by atoms with Crippen LogP contribution in [0.25, 0.3) is 0 Å². The highest BCUT2D eigenvalue weighted by Gasteiger charge is 2.49. The molecule has 0 heterocycles. The molecule has 0 saturated heterocycles. The zero-order valence-corrected chi connectivity index (χ0v) is 8.02. The van der Waals surface area contributed by atoms with Crippen molar-refractivity contribution in [3.8, 4) is 0 Å². The van der Waals surface area contributed by atoms with Crippen LogP contribution >= 0.6 is 0 Å². The number of rotatable bonds is 1. The SMILES string of the molecule is Cc1ccc([C@@](C)(N)C(F)(F)F)cc1. The van der Waals surface area contributed by atoms with Crippen molar-refractivity contribution < 1.29 is 13.2 Å². The van der Waals surface area contributed by atoms with Gasteiger partial charge in [-0.2, -0.15) is 13.2 Å². The van der Waals surface area contributed by atoms with Gasteiger partial charge in [-0.25, -0.2) is 0 Å². The maximum Gasteiger partial charge on any atom is 0.410 e.